The number of para-hydroxylation sites is 2. The zero-order valence-corrected chi connectivity index (χ0v) is 15.7. The van der Waals surface area contributed by atoms with Crippen LogP contribution in [0.25, 0.3) is 0 Å². The third-order valence-corrected chi connectivity index (χ3v) is 5.59. The van der Waals surface area contributed by atoms with E-state index in [2.05, 4.69) is 10.6 Å². The van der Waals surface area contributed by atoms with E-state index in [1.165, 1.54) is 12.0 Å². The fraction of sp³-hybridized carbons (Fsp3) is 0.526. The van der Waals surface area contributed by atoms with Gasteiger partial charge in [0.1, 0.15) is 5.75 Å². The molecule has 0 radical (unpaired) electrons. The molecule has 152 valence electrons. The zero-order chi connectivity index (χ0) is 20.3. The molecule has 2 aliphatic heterocycles. The summed E-state index contributed by atoms with van der Waals surface area (Å²) in [6.45, 7) is 1.23. The van der Waals surface area contributed by atoms with E-state index in [4.69, 9.17) is 4.74 Å². The zero-order valence-electron chi connectivity index (χ0n) is 15.7. The quantitative estimate of drug-likeness (QED) is 0.535. The fourth-order valence-electron chi connectivity index (χ4n) is 3.77. The molecule has 0 unspecified atom stereocenters. The second-order valence-corrected chi connectivity index (χ2v) is 7.19. The summed E-state index contributed by atoms with van der Waals surface area (Å²) in [7, 11) is 1.44. The van der Waals surface area contributed by atoms with Gasteiger partial charge in [-0.15, -0.1) is 0 Å². The molecule has 9 nitrogen and oxygen atoms in total. The van der Waals surface area contributed by atoms with Gasteiger partial charge in [-0.05, 0) is 31.4 Å². The molecule has 1 aromatic rings. The van der Waals surface area contributed by atoms with Gasteiger partial charge in [-0.1, -0.05) is 12.1 Å². The summed E-state index contributed by atoms with van der Waals surface area (Å²) < 4.78 is 5.12. The van der Waals surface area contributed by atoms with Crippen LogP contribution in [0.4, 0.5) is 5.69 Å². The number of methoxy groups -OCH3 is 1. The standard InChI is InChI=1S/C19H25N3O6/c1-28-13-5-3-2-4-12(13)21-16(25)14(23)15(24)17(26)22-10-7-19(8-11-22)6-9-20-18(19)27/h2-5,14-15,23-24H,6-11H2,1H3,(H,20,27)(H,21,25)/t14-,15-/m1/s1. The number of aliphatic hydroxyl groups is 2. The number of amides is 3. The van der Waals surface area contributed by atoms with Crippen LogP contribution in [0.3, 0.4) is 0 Å². The van der Waals surface area contributed by atoms with Crippen LogP contribution < -0.4 is 15.4 Å². The Hall–Kier alpha value is -2.65. The highest BCUT2D eigenvalue weighted by Crippen LogP contribution is 2.38. The van der Waals surface area contributed by atoms with Gasteiger partial charge in [-0.3, -0.25) is 14.4 Å². The largest absolute Gasteiger partial charge is 0.495 e. The minimum atomic E-state index is -1.93. The third kappa shape index (κ3) is 3.81. The molecule has 0 aromatic heterocycles. The molecule has 3 amide bonds. The Bertz CT molecular complexity index is 760. The normalized spacial score (nSPS) is 20.4. The van der Waals surface area contributed by atoms with Crippen molar-refractivity contribution in [3.63, 3.8) is 0 Å². The topological polar surface area (TPSA) is 128 Å². The number of hydrogen-bond acceptors (Lipinski definition) is 6. The maximum Gasteiger partial charge on any atom is 0.256 e. The predicted octanol–water partition coefficient (Wildman–Crippen LogP) is -0.516. The number of nitrogens with zero attached hydrogens (tertiary/aromatic N) is 1. The fourth-order valence-corrected chi connectivity index (χ4v) is 3.77. The second-order valence-electron chi connectivity index (χ2n) is 7.19. The Morgan fingerprint density at radius 2 is 1.86 bits per heavy atom. The maximum atomic E-state index is 12.5. The van der Waals surface area contributed by atoms with Gasteiger partial charge in [-0.2, -0.15) is 0 Å². The van der Waals surface area contributed by atoms with Crippen molar-refractivity contribution >= 4 is 23.4 Å². The van der Waals surface area contributed by atoms with E-state index >= 15 is 0 Å². The first-order valence-corrected chi connectivity index (χ1v) is 9.25. The van der Waals surface area contributed by atoms with Crippen LogP contribution in [-0.2, 0) is 14.4 Å². The summed E-state index contributed by atoms with van der Waals surface area (Å²) in [5, 5.41) is 25.6. The molecular formula is C19H25N3O6. The van der Waals surface area contributed by atoms with Crippen molar-refractivity contribution in [3.8, 4) is 5.75 Å². The minimum Gasteiger partial charge on any atom is -0.495 e. The molecule has 0 saturated carbocycles. The summed E-state index contributed by atoms with van der Waals surface area (Å²) in [5.74, 6) is -1.23. The lowest BCUT2D eigenvalue weighted by molar-refractivity contribution is -0.154. The average molecular weight is 391 g/mol. The van der Waals surface area contributed by atoms with Crippen molar-refractivity contribution in [2.24, 2.45) is 5.41 Å². The SMILES string of the molecule is COc1ccccc1NC(=O)[C@H](O)[C@@H](O)C(=O)N1CCC2(CCNC2=O)CC1. The van der Waals surface area contributed by atoms with Gasteiger partial charge in [0.25, 0.3) is 11.8 Å². The van der Waals surface area contributed by atoms with E-state index in [9.17, 15) is 24.6 Å². The van der Waals surface area contributed by atoms with Crippen LogP contribution in [0.5, 0.6) is 5.75 Å². The van der Waals surface area contributed by atoms with Crippen LogP contribution in [0, 0.1) is 5.41 Å². The summed E-state index contributed by atoms with van der Waals surface area (Å²) in [6, 6.07) is 6.60. The molecule has 28 heavy (non-hydrogen) atoms. The Morgan fingerprint density at radius 3 is 2.46 bits per heavy atom. The monoisotopic (exact) mass is 391 g/mol. The van der Waals surface area contributed by atoms with Gasteiger partial charge in [0.2, 0.25) is 5.91 Å². The smallest absolute Gasteiger partial charge is 0.256 e. The molecule has 1 aromatic carbocycles. The highest BCUT2D eigenvalue weighted by molar-refractivity contribution is 5.99. The lowest BCUT2D eigenvalue weighted by atomic mass is 9.77. The van der Waals surface area contributed by atoms with Gasteiger partial charge < -0.3 is 30.5 Å². The third-order valence-electron chi connectivity index (χ3n) is 5.59. The lowest BCUT2D eigenvalue weighted by Crippen LogP contribution is -2.53. The number of aliphatic hydroxyl groups excluding tert-OH is 2. The van der Waals surface area contributed by atoms with E-state index in [1.54, 1.807) is 24.3 Å². The van der Waals surface area contributed by atoms with Crippen molar-refractivity contribution in [2.75, 3.05) is 32.1 Å². The molecule has 2 heterocycles. The number of nitrogens with one attached hydrogen (secondary N) is 2. The molecule has 2 aliphatic rings. The Morgan fingerprint density at radius 1 is 1.18 bits per heavy atom. The van der Waals surface area contributed by atoms with Crippen LogP contribution >= 0.6 is 0 Å². The Labute approximate surface area is 162 Å². The molecule has 1 spiro atoms. The van der Waals surface area contributed by atoms with E-state index in [-0.39, 0.29) is 5.91 Å². The van der Waals surface area contributed by atoms with E-state index < -0.39 is 29.4 Å². The van der Waals surface area contributed by atoms with Gasteiger partial charge in [-0.25, -0.2) is 0 Å². The number of hydrogen-bond donors (Lipinski definition) is 4. The van der Waals surface area contributed by atoms with Gasteiger partial charge in [0, 0.05) is 19.6 Å². The molecule has 3 rings (SSSR count). The molecule has 9 heteroatoms. The molecule has 2 atom stereocenters. The maximum absolute atomic E-state index is 12.5. The minimum absolute atomic E-state index is 0.0105. The van der Waals surface area contributed by atoms with E-state index in [1.807, 2.05) is 0 Å². The van der Waals surface area contributed by atoms with Crippen LogP contribution in [0.15, 0.2) is 24.3 Å². The first-order chi connectivity index (χ1) is 13.4. The molecular weight excluding hydrogens is 366 g/mol. The molecule has 0 bridgehead atoms. The first kappa shape index (κ1) is 20.1. The number of benzene rings is 1. The van der Waals surface area contributed by atoms with Gasteiger partial charge >= 0.3 is 0 Å². The number of carbonyl (C=O) groups is 3. The summed E-state index contributed by atoms with van der Waals surface area (Å²) >= 11 is 0. The lowest BCUT2D eigenvalue weighted by Gasteiger charge is -2.38. The number of likely N-dealkylation sites (tertiary alicyclic amines) is 1. The van der Waals surface area contributed by atoms with E-state index in [0.29, 0.717) is 43.9 Å². The van der Waals surface area contributed by atoms with E-state index in [0.717, 1.165) is 6.42 Å². The summed E-state index contributed by atoms with van der Waals surface area (Å²) in [4.78, 5) is 38.2. The van der Waals surface area contributed by atoms with Crippen LogP contribution in [0.2, 0.25) is 0 Å². The summed E-state index contributed by atoms with van der Waals surface area (Å²) in [5.41, 5.74) is -0.123. The average Bonchev–Trinajstić information content (AvgIpc) is 3.06. The Balaban J connectivity index is 1.58. The number of ether oxygens (including phenoxy) is 1. The summed E-state index contributed by atoms with van der Waals surface area (Å²) in [6.07, 6.45) is -2.08. The van der Waals surface area contributed by atoms with Gasteiger partial charge in [0.05, 0.1) is 18.2 Å². The van der Waals surface area contributed by atoms with Crippen molar-refractivity contribution in [3.05, 3.63) is 24.3 Å². The van der Waals surface area contributed by atoms with Crippen LogP contribution in [-0.4, -0.2) is 71.8 Å². The number of anilines is 1. The second kappa shape index (κ2) is 8.15. The highest BCUT2D eigenvalue weighted by Gasteiger charge is 2.46. The van der Waals surface area contributed by atoms with Crippen LogP contribution in [0.1, 0.15) is 19.3 Å². The number of carbonyl (C=O) groups excluding carboxylic acids is 3. The van der Waals surface area contributed by atoms with Crippen molar-refractivity contribution < 1.29 is 29.3 Å². The highest BCUT2D eigenvalue weighted by atomic mass is 16.5. The molecule has 2 saturated heterocycles. The van der Waals surface area contributed by atoms with Crippen molar-refractivity contribution in [1.82, 2.24) is 10.2 Å². The Kier molecular flexibility index (Phi) is 5.85. The predicted molar refractivity (Wildman–Crippen MR) is 99.5 cm³/mol. The number of rotatable bonds is 5. The molecule has 2 fully saturated rings. The van der Waals surface area contributed by atoms with Crippen molar-refractivity contribution in [1.29, 1.82) is 0 Å². The molecule has 4 N–H and O–H groups in total. The van der Waals surface area contributed by atoms with Crippen molar-refractivity contribution in [2.45, 2.75) is 31.5 Å². The first-order valence-electron chi connectivity index (χ1n) is 9.25. The molecule has 0 aliphatic carbocycles. The number of piperidine rings is 1. The van der Waals surface area contributed by atoms with Gasteiger partial charge in [0.15, 0.2) is 12.2 Å².